The highest BCUT2D eigenvalue weighted by molar-refractivity contribution is 7.92. The van der Waals surface area contributed by atoms with Gasteiger partial charge in [-0.15, -0.1) is 0 Å². The van der Waals surface area contributed by atoms with Crippen molar-refractivity contribution in [2.24, 2.45) is 0 Å². The third-order valence-electron chi connectivity index (χ3n) is 5.39. The number of carboxylic acids is 1. The average molecular weight is 527 g/mol. The highest BCUT2D eigenvalue weighted by Gasteiger charge is 2.34. The van der Waals surface area contributed by atoms with E-state index in [1.807, 2.05) is 0 Å². The molecular weight excluding hydrogens is 506 g/mol. The second-order valence-electron chi connectivity index (χ2n) is 7.74. The van der Waals surface area contributed by atoms with Crippen LogP contribution in [0.15, 0.2) is 41.3 Å². The monoisotopic (exact) mass is 527 g/mol. The predicted octanol–water partition coefficient (Wildman–Crippen LogP) is 4.97. The lowest BCUT2D eigenvalue weighted by Crippen LogP contribution is -2.33. The van der Waals surface area contributed by atoms with E-state index in [4.69, 9.17) is 4.74 Å². The molecule has 1 N–H and O–H groups in total. The van der Waals surface area contributed by atoms with Crippen LogP contribution in [0.3, 0.4) is 0 Å². The zero-order valence-electron chi connectivity index (χ0n) is 19.5. The first kappa shape index (κ1) is 26.8. The lowest BCUT2D eigenvalue weighted by Gasteiger charge is -2.28. The molecule has 0 aliphatic rings. The summed E-state index contributed by atoms with van der Waals surface area (Å²) in [6, 6.07) is 7.50. The summed E-state index contributed by atoms with van der Waals surface area (Å²) in [5.74, 6) is -10.1. The molecule has 3 aromatic carbocycles. The Balaban J connectivity index is 2.35. The van der Waals surface area contributed by atoms with Gasteiger partial charge in [-0.1, -0.05) is 6.07 Å². The van der Waals surface area contributed by atoms with E-state index in [1.54, 1.807) is 6.92 Å². The molecule has 0 saturated heterocycles. The summed E-state index contributed by atoms with van der Waals surface area (Å²) in [7, 11) is -2.59. The maximum atomic E-state index is 14.9. The number of carboxylic acid groups (broad SMARTS) is 1. The van der Waals surface area contributed by atoms with E-state index >= 15 is 0 Å². The Labute approximate surface area is 204 Å². The van der Waals surface area contributed by atoms with Crippen molar-refractivity contribution in [3.8, 4) is 11.5 Å². The van der Waals surface area contributed by atoms with Crippen LogP contribution in [-0.2, 0) is 16.6 Å². The van der Waals surface area contributed by atoms with Crippen LogP contribution in [0.4, 0.5) is 23.2 Å². The first-order valence-corrected chi connectivity index (χ1v) is 11.7. The summed E-state index contributed by atoms with van der Waals surface area (Å²) in [6.07, 6.45) is 0. The van der Waals surface area contributed by atoms with Crippen LogP contribution in [0.2, 0.25) is 0 Å². The van der Waals surface area contributed by atoms with Crippen LogP contribution in [0.1, 0.15) is 27.0 Å². The number of aryl methyl sites for hydroxylation is 2. The van der Waals surface area contributed by atoms with Gasteiger partial charge in [-0.3, -0.25) is 4.31 Å². The molecule has 0 bridgehead atoms. The van der Waals surface area contributed by atoms with E-state index in [2.05, 4.69) is 4.74 Å². The van der Waals surface area contributed by atoms with E-state index < -0.39 is 73.3 Å². The van der Waals surface area contributed by atoms with E-state index in [0.29, 0.717) is 15.6 Å². The quantitative estimate of drug-likeness (QED) is 0.329. The van der Waals surface area contributed by atoms with Crippen molar-refractivity contribution in [3.05, 3.63) is 81.9 Å². The Hall–Kier alpha value is -3.80. The highest BCUT2D eigenvalue weighted by atomic mass is 32.2. The Kier molecular flexibility index (Phi) is 7.48. The summed E-state index contributed by atoms with van der Waals surface area (Å²) < 4.78 is 95.7. The van der Waals surface area contributed by atoms with Gasteiger partial charge in [0.05, 0.1) is 42.5 Å². The van der Waals surface area contributed by atoms with Gasteiger partial charge in [0, 0.05) is 0 Å². The molecule has 0 heterocycles. The normalized spacial score (nSPS) is 11.3. The van der Waals surface area contributed by atoms with Crippen molar-refractivity contribution in [1.29, 1.82) is 0 Å². The molecule has 0 amide bonds. The molecule has 0 atom stereocenters. The number of hydrogen-bond donors (Lipinski definition) is 1. The van der Waals surface area contributed by atoms with Gasteiger partial charge < -0.3 is 14.6 Å². The zero-order chi connectivity index (χ0) is 26.9. The fourth-order valence-electron chi connectivity index (χ4n) is 3.73. The van der Waals surface area contributed by atoms with Gasteiger partial charge in [-0.05, 0) is 55.3 Å². The first-order valence-electron chi connectivity index (χ1n) is 10.2. The fraction of sp³-hybridized carbons (Fsp3) is 0.208. The number of rotatable bonds is 8. The van der Waals surface area contributed by atoms with Gasteiger partial charge in [0.15, 0.2) is 17.4 Å². The predicted molar refractivity (Wildman–Crippen MR) is 122 cm³/mol. The van der Waals surface area contributed by atoms with Crippen LogP contribution < -0.4 is 13.8 Å². The van der Waals surface area contributed by atoms with Gasteiger partial charge in [-0.25, -0.2) is 22.0 Å². The second-order valence-corrected chi connectivity index (χ2v) is 9.60. The topological polar surface area (TPSA) is 93.1 Å². The third kappa shape index (κ3) is 4.68. The molecular formula is C24H21F4NO6S. The zero-order valence-corrected chi connectivity index (χ0v) is 20.3. The number of aromatic carboxylic acids is 1. The Bertz CT molecular complexity index is 1410. The van der Waals surface area contributed by atoms with Crippen LogP contribution in [0.5, 0.6) is 11.5 Å². The van der Waals surface area contributed by atoms with Crippen LogP contribution in [0.25, 0.3) is 0 Å². The molecule has 7 nitrogen and oxygen atoms in total. The van der Waals surface area contributed by atoms with Crippen LogP contribution in [0, 0.1) is 37.1 Å². The van der Waals surface area contributed by atoms with Crippen molar-refractivity contribution in [2.75, 3.05) is 18.5 Å². The molecule has 0 saturated carbocycles. The van der Waals surface area contributed by atoms with Gasteiger partial charge in [0.2, 0.25) is 11.6 Å². The number of hydrogen-bond acceptors (Lipinski definition) is 5. The highest BCUT2D eigenvalue weighted by Crippen LogP contribution is 2.36. The molecule has 3 aromatic rings. The molecule has 36 heavy (non-hydrogen) atoms. The van der Waals surface area contributed by atoms with Gasteiger partial charge in [-0.2, -0.15) is 8.78 Å². The molecule has 0 radical (unpaired) electrons. The van der Waals surface area contributed by atoms with Crippen molar-refractivity contribution < 1.29 is 45.4 Å². The maximum Gasteiger partial charge on any atom is 0.337 e. The number of carbonyl (C=O) groups is 1. The van der Waals surface area contributed by atoms with Crippen molar-refractivity contribution in [2.45, 2.75) is 25.3 Å². The summed E-state index contributed by atoms with van der Waals surface area (Å²) >= 11 is 0. The molecule has 0 unspecified atom stereocenters. The fourth-order valence-corrected chi connectivity index (χ4v) is 5.25. The van der Waals surface area contributed by atoms with E-state index in [9.17, 15) is 35.9 Å². The summed E-state index contributed by atoms with van der Waals surface area (Å²) in [5.41, 5.74) is -1.62. The number of sulfonamides is 1. The van der Waals surface area contributed by atoms with Crippen molar-refractivity contribution in [3.63, 3.8) is 0 Å². The first-order chi connectivity index (χ1) is 16.8. The largest absolute Gasteiger partial charge is 0.497 e. The number of ether oxygens (including phenoxy) is 2. The molecule has 12 heteroatoms. The summed E-state index contributed by atoms with van der Waals surface area (Å²) in [5, 5.41) is 9.78. The Morgan fingerprint density at radius 1 is 0.917 bits per heavy atom. The Morgan fingerprint density at radius 2 is 1.47 bits per heavy atom. The third-order valence-corrected chi connectivity index (χ3v) is 7.15. The minimum atomic E-state index is -4.74. The molecule has 3 rings (SSSR count). The molecule has 0 aliphatic carbocycles. The van der Waals surface area contributed by atoms with Gasteiger partial charge in [0.1, 0.15) is 5.75 Å². The van der Waals surface area contributed by atoms with E-state index in [0.717, 1.165) is 19.2 Å². The second kappa shape index (κ2) is 10.1. The van der Waals surface area contributed by atoms with Gasteiger partial charge in [0.25, 0.3) is 10.0 Å². The van der Waals surface area contributed by atoms with Crippen molar-refractivity contribution in [1.82, 2.24) is 0 Å². The summed E-state index contributed by atoms with van der Waals surface area (Å²) in [4.78, 5) is 11.6. The molecule has 0 aromatic heterocycles. The lowest BCUT2D eigenvalue weighted by molar-refractivity contribution is 0.0697. The average Bonchev–Trinajstić information content (AvgIpc) is 2.83. The number of benzene rings is 3. The molecule has 0 aliphatic heterocycles. The van der Waals surface area contributed by atoms with Gasteiger partial charge >= 0.3 is 5.97 Å². The van der Waals surface area contributed by atoms with E-state index in [-0.39, 0.29) is 5.56 Å². The van der Waals surface area contributed by atoms with Crippen LogP contribution >= 0.6 is 0 Å². The smallest absolute Gasteiger partial charge is 0.337 e. The number of methoxy groups -OCH3 is 2. The number of anilines is 1. The van der Waals surface area contributed by atoms with Crippen molar-refractivity contribution >= 4 is 21.7 Å². The standard InChI is InChI=1S/C24H21F4NO6S/c1-12-9-13(2)22(16(10-12)24(30)31)29(36(32,33)15-7-5-14(34-3)6-8-15)11-17-18(25)20(27)23(35-4)21(28)19(17)26/h5-10H,11H2,1-4H3,(H,30,31). The van der Waals surface area contributed by atoms with E-state index in [1.165, 1.54) is 38.3 Å². The lowest BCUT2D eigenvalue weighted by atomic mass is 10.0. The van der Waals surface area contributed by atoms with Crippen LogP contribution in [-0.4, -0.2) is 33.7 Å². The number of nitrogens with zero attached hydrogens (tertiary/aromatic N) is 1. The minimum Gasteiger partial charge on any atom is -0.497 e. The molecule has 0 spiro atoms. The SMILES string of the molecule is COc1ccc(S(=O)(=O)N(Cc2c(F)c(F)c(OC)c(F)c2F)c2c(C)cc(C)cc2C(=O)O)cc1. The Morgan fingerprint density at radius 3 is 1.94 bits per heavy atom. The minimum absolute atomic E-state index is 0.125. The molecule has 192 valence electrons. The maximum absolute atomic E-state index is 14.9. The summed E-state index contributed by atoms with van der Waals surface area (Å²) in [6.45, 7) is 1.69. The molecule has 0 fully saturated rings. The number of halogens is 4.